The molecule has 2 aliphatic carbocycles. The summed E-state index contributed by atoms with van der Waals surface area (Å²) in [6.07, 6.45) is 7.23. The summed E-state index contributed by atoms with van der Waals surface area (Å²) in [5, 5.41) is 13.7. The number of carbonyl (C=O) groups is 1. The Hall–Kier alpha value is -2.96. The van der Waals surface area contributed by atoms with Crippen LogP contribution in [0.3, 0.4) is 0 Å². The molecule has 7 nitrogen and oxygen atoms in total. The molecule has 0 radical (unpaired) electrons. The lowest BCUT2D eigenvalue weighted by Crippen LogP contribution is -2.26. The van der Waals surface area contributed by atoms with Crippen LogP contribution in [0.25, 0.3) is 11.4 Å². The molecule has 2 aliphatic rings. The van der Waals surface area contributed by atoms with Crippen molar-refractivity contribution >= 4 is 5.91 Å². The van der Waals surface area contributed by atoms with Gasteiger partial charge in [0.1, 0.15) is 0 Å². The maximum absolute atomic E-state index is 12.2. The SMILES string of the molecule is O=C(NC1CCc2cc(-c3noc(C4CC4)n3)ccc21)c1cn[nH]c1. The lowest BCUT2D eigenvalue weighted by atomic mass is 10.0. The fourth-order valence-electron chi connectivity index (χ4n) is 3.37. The molecule has 2 aromatic heterocycles. The Labute approximate surface area is 143 Å². The van der Waals surface area contributed by atoms with E-state index in [2.05, 4.69) is 37.8 Å². The van der Waals surface area contributed by atoms with E-state index in [0.717, 1.165) is 42.7 Å². The Morgan fingerprint density at radius 3 is 3.00 bits per heavy atom. The van der Waals surface area contributed by atoms with Crippen LogP contribution in [0, 0.1) is 0 Å². The summed E-state index contributed by atoms with van der Waals surface area (Å²) in [5.41, 5.74) is 3.90. The Morgan fingerprint density at radius 2 is 2.20 bits per heavy atom. The van der Waals surface area contributed by atoms with Crippen LogP contribution < -0.4 is 5.32 Å². The summed E-state index contributed by atoms with van der Waals surface area (Å²) in [5.74, 6) is 1.75. The maximum Gasteiger partial charge on any atom is 0.254 e. The highest BCUT2D eigenvalue weighted by Crippen LogP contribution is 2.40. The average molecular weight is 335 g/mol. The fraction of sp³-hybridized carbons (Fsp3) is 0.333. The van der Waals surface area contributed by atoms with E-state index in [-0.39, 0.29) is 11.9 Å². The average Bonchev–Trinajstić information content (AvgIpc) is 3.08. The van der Waals surface area contributed by atoms with Crippen LogP contribution in [0.2, 0.25) is 0 Å². The number of H-pyrrole nitrogens is 1. The van der Waals surface area contributed by atoms with Crippen molar-refractivity contribution in [2.24, 2.45) is 0 Å². The second-order valence-corrected chi connectivity index (χ2v) is 6.70. The molecule has 2 heterocycles. The molecule has 1 amide bonds. The van der Waals surface area contributed by atoms with E-state index < -0.39 is 0 Å². The van der Waals surface area contributed by atoms with E-state index in [0.29, 0.717) is 17.3 Å². The molecule has 2 N–H and O–H groups in total. The first kappa shape index (κ1) is 14.4. The van der Waals surface area contributed by atoms with E-state index >= 15 is 0 Å². The van der Waals surface area contributed by atoms with Crippen LogP contribution in [-0.4, -0.2) is 26.2 Å². The van der Waals surface area contributed by atoms with Crippen molar-refractivity contribution in [2.45, 2.75) is 37.6 Å². The third-order valence-electron chi connectivity index (χ3n) is 4.91. The van der Waals surface area contributed by atoms with Crippen molar-refractivity contribution in [3.63, 3.8) is 0 Å². The van der Waals surface area contributed by atoms with E-state index in [4.69, 9.17) is 4.52 Å². The van der Waals surface area contributed by atoms with Crippen LogP contribution in [0.15, 0.2) is 35.1 Å². The number of aromatic nitrogens is 4. The molecule has 0 spiro atoms. The van der Waals surface area contributed by atoms with Crippen molar-refractivity contribution < 1.29 is 9.32 Å². The van der Waals surface area contributed by atoms with Crippen LogP contribution in [0.1, 0.15) is 58.6 Å². The van der Waals surface area contributed by atoms with Gasteiger partial charge in [0.15, 0.2) is 0 Å². The van der Waals surface area contributed by atoms with Gasteiger partial charge >= 0.3 is 0 Å². The zero-order valence-electron chi connectivity index (χ0n) is 13.5. The highest BCUT2D eigenvalue weighted by atomic mass is 16.5. The number of amides is 1. The van der Waals surface area contributed by atoms with Gasteiger partial charge in [-0.15, -0.1) is 0 Å². The number of hydrogen-bond acceptors (Lipinski definition) is 5. The zero-order chi connectivity index (χ0) is 16.8. The van der Waals surface area contributed by atoms with Crippen LogP contribution in [0.4, 0.5) is 0 Å². The molecule has 1 unspecified atom stereocenters. The molecule has 0 aliphatic heterocycles. The smallest absolute Gasteiger partial charge is 0.254 e. The van der Waals surface area contributed by atoms with Gasteiger partial charge in [0, 0.05) is 17.7 Å². The first-order chi connectivity index (χ1) is 12.3. The second-order valence-electron chi connectivity index (χ2n) is 6.70. The van der Waals surface area contributed by atoms with Gasteiger partial charge < -0.3 is 9.84 Å². The summed E-state index contributed by atoms with van der Waals surface area (Å²) >= 11 is 0. The lowest BCUT2D eigenvalue weighted by Gasteiger charge is -2.13. The Morgan fingerprint density at radius 1 is 1.28 bits per heavy atom. The summed E-state index contributed by atoms with van der Waals surface area (Å²) in [4.78, 5) is 16.7. The maximum atomic E-state index is 12.2. The molecule has 126 valence electrons. The Balaban J connectivity index is 1.37. The van der Waals surface area contributed by atoms with Crippen LogP contribution >= 0.6 is 0 Å². The molecule has 1 aromatic carbocycles. The standard InChI is InChI=1S/C18H17N5O2/c24-17(13-8-19-20-9-13)21-15-6-4-11-7-12(3-5-14(11)15)16-22-18(25-23-16)10-1-2-10/h3,5,7-10,15H,1-2,4,6H2,(H,19,20)(H,21,24). The summed E-state index contributed by atoms with van der Waals surface area (Å²) < 4.78 is 5.35. The third-order valence-corrected chi connectivity index (χ3v) is 4.91. The summed E-state index contributed by atoms with van der Waals surface area (Å²) in [6, 6.07) is 6.20. The molecular weight excluding hydrogens is 318 g/mol. The number of nitrogens with one attached hydrogen (secondary N) is 2. The molecular formula is C18H17N5O2. The largest absolute Gasteiger partial charge is 0.345 e. The minimum atomic E-state index is -0.108. The molecule has 0 saturated heterocycles. The predicted molar refractivity (Wildman–Crippen MR) is 88.8 cm³/mol. The number of aryl methyl sites for hydroxylation is 1. The number of nitrogens with zero attached hydrogens (tertiary/aromatic N) is 3. The Kier molecular flexibility index (Phi) is 3.19. The molecule has 1 atom stereocenters. The first-order valence-corrected chi connectivity index (χ1v) is 8.54. The quantitative estimate of drug-likeness (QED) is 0.764. The van der Waals surface area contributed by atoms with Gasteiger partial charge in [0.25, 0.3) is 5.91 Å². The predicted octanol–water partition coefficient (Wildman–Crippen LogP) is 2.75. The number of benzene rings is 1. The molecule has 1 saturated carbocycles. The third kappa shape index (κ3) is 2.61. The number of hydrogen-bond donors (Lipinski definition) is 2. The molecule has 25 heavy (non-hydrogen) atoms. The summed E-state index contributed by atoms with van der Waals surface area (Å²) in [7, 11) is 0. The first-order valence-electron chi connectivity index (χ1n) is 8.54. The van der Waals surface area contributed by atoms with Crippen LogP contribution in [0.5, 0.6) is 0 Å². The van der Waals surface area contributed by atoms with Gasteiger partial charge in [-0.1, -0.05) is 17.3 Å². The van der Waals surface area contributed by atoms with E-state index in [9.17, 15) is 4.79 Å². The number of rotatable bonds is 4. The van der Waals surface area contributed by atoms with E-state index in [1.54, 1.807) is 6.20 Å². The van der Waals surface area contributed by atoms with Crippen molar-refractivity contribution in [3.05, 3.63) is 53.2 Å². The highest BCUT2D eigenvalue weighted by molar-refractivity contribution is 5.94. The molecule has 1 fully saturated rings. The number of fused-ring (bicyclic) bond motifs is 1. The van der Waals surface area contributed by atoms with Gasteiger partial charge in [-0.2, -0.15) is 10.1 Å². The fourth-order valence-corrected chi connectivity index (χ4v) is 3.37. The van der Waals surface area contributed by atoms with E-state index in [1.807, 2.05) is 6.07 Å². The van der Waals surface area contributed by atoms with Crippen molar-refractivity contribution in [1.29, 1.82) is 0 Å². The van der Waals surface area contributed by atoms with Crippen molar-refractivity contribution in [1.82, 2.24) is 25.7 Å². The minimum Gasteiger partial charge on any atom is -0.345 e. The molecule has 5 rings (SSSR count). The topological polar surface area (TPSA) is 96.7 Å². The second kappa shape index (κ2) is 5.54. The normalized spacial score (nSPS) is 19.0. The highest BCUT2D eigenvalue weighted by Gasteiger charge is 2.30. The Bertz CT molecular complexity index is 927. The summed E-state index contributed by atoms with van der Waals surface area (Å²) in [6.45, 7) is 0. The van der Waals surface area contributed by atoms with Gasteiger partial charge in [0.2, 0.25) is 11.7 Å². The van der Waals surface area contributed by atoms with Crippen LogP contribution in [-0.2, 0) is 6.42 Å². The number of aromatic amines is 1. The zero-order valence-corrected chi connectivity index (χ0v) is 13.5. The van der Waals surface area contributed by atoms with Gasteiger partial charge in [-0.3, -0.25) is 9.89 Å². The molecule has 0 bridgehead atoms. The van der Waals surface area contributed by atoms with E-state index in [1.165, 1.54) is 11.8 Å². The van der Waals surface area contributed by atoms with Gasteiger partial charge in [0.05, 0.1) is 17.8 Å². The van der Waals surface area contributed by atoms with Gasteiger partial charge in [-0.05, 0) is 42.9 Å². The minimum absolute atomic E-state index is 0.0266. The molecule has 7 heteroatoms. The van der Waals surface area contributed by atoms with Crippen molar-refractivity contribution in [2.75, 3.05) is 0 Å². The molecule has 3 aromatic rings. The number of carbonyl (C=O) groups excluding carboxylic acids is 1. The van der Waals surface area contributed by atoms with Gasteiger partial charge in [-0.25, -0.2) is 0 Å². The lowest BCUT2D eigenvalue weighted by molar-refractivity contribution is 0.0937. The van der Waals surface area contributed by atoms with Crippen molar-refractivity contribution in [3.8, 4) is 11.4 Å². The monoisotopic (exact) mass is 335 g/mol.